The first kappa shape index (κ1) is 17.8. The molecule has 27 heavy (non-hydrogen) atoms. The van der Waals surface area contributed by atoms with Gasteiger partial charge in [-0.2, -0.15) is 5.10 Å². The highest BCUT2D eigenvalue weighted by Gasteiger charge is 2.40. The van der Waals surface area contributed by atoms with Crippen LogP contribution in [0.15, 0.2) is 36.4 Å². The van der Waals surface area contributed by atoms with Crippen LogP contribution in [0.1, 0.15) is 37.8 Å². The number of esters is 1. The highest BCUT2D eigenvalue weighted by molar-refractivity contribution is 5.92. The summed E-state index contributed by atoms with van der Waals surface area (Å²) in [5.74, 6) is 1.87. The zero-order valence-electron chi connectivity index (χ0n) is 15.6. The summed E-state index contributed by atoms with van der Waals surface area (Å²) in [6, 6.07) is 11.4. The fourth-order valence-corrected chi connectivity index (χ4v) is 4.58. The van der Waals surface area contributed by atoms with Crippen molar-refractivity contribution < 1.29 is 14.3 Å². The lowest BCUT2D eigenvalue weighted by Crippen LogP contribution is -2.24. The van der Waals surface area contributed by atoms with Gasteiger partial charge in [-0.05, 0) is 56.1 Å². The molecule has 2 aliphatic rings. The number of hydrogen-bond donors (Lipinski definition) is 1. The van der Waals surface area contributed by atoms with Gasteiger partial charge < -0.3 is 10.1 Å². The van der Waals surface area contributed by atoms with Gasteiger partial charge in [-0.3, -0.25) is 9.59 Å². The Bertz CT molecular complexity index is 830. The van der Waals surface area contributed by atoms with Crippen LogP contribution >= 0.6 is 0 Å². The molecule has 2 aliphatic carbocycles. The first-order chi connectivity index (χ1) is 13.1. The predicted octanol–water partition coefficient (Wildman–Crippen LogP) is 3.49. The molecule has 0 saturated heterocycles. The van der Waals surface area contributed by atoms with Gasteiger partial charge in [0.25, 0.3) is 5.91 Å². The molecule has 6 nitrogen and oxygen atoms in total. The normalized spacial score (nSPS) is 23.4. The van der Waals surface area contributed by atoms with E-state index in [0.717, 1.165) is 23.7 Å². The second-order valence-corrected chi connectivity index (χ2v) is 7.77. The van der Waals surface area contributed by atoms with Gasteiger partial charge in [0.2, 0.25) is 0 Å². The second kappa shape index (κ2) is 7.55. The van der Waals surface area contributed by atoms with E-state index in [1.807, 2.05) is 37.3 Å². The number of carbonyl (C=O) groups is 2. The molecule has 2 bridgehead atoms. The number of para-hydroxylation sites is 1. The van der Waals surface area contributed by atoms with Crippen LogP contribution in [0.25, 0.3) is 5.69 Å². The minimum absolute atomic E-state index is 0.265. The number of fused-ring (bicyclic) bond motifs is 2. The van der Waals surface area contributed by atoms with E-state index < -0.39 is 0 Å². The topological polar surface area (TPSA) is 73.2 Å². The van der Waals surface area contributed by atoms with Crippen LogP contribution in [0.2, 0.25) is 0 Å². The first-order valence-corrected chi connectivity index (χ1v) is 9.66. The summed E-state index contributed by atoms with van der Waals surface area (Å²) < 4.78 is 6.89. The Morgan fingerprint density at radius 2 is 2.04 bits per heavy atom. The minimum atomic E-state index is -0.353. The summed E-state index contributed by atoms with van der Waals surface area (Å²) in [6.45, 7) is 1.60. The van der Waals surface area contributed by atoms with Gasteiger partial charge >= 0.3 is 5.97 Å². The number of benzene rings is 1. The molecule has 0 spiro atoms. The Labute approximate surface area is 158 Å². The van der Waals surface area contributed by atoms with Gasteiger partial charge in [0.15, 0.2) is 6.61 Å². The van der Waals surface area contributed by atoms with Gasteiger partial charge in [0.05, 0.1) is 11.4 Å². The van der Waals surface area contributed by atoms with Crippen LogP contribution in [0, 0.1) is 24.7 Å². The summed E-state index contributed by atoms with van der Waals surface area (Å²) in [7, 11) is 0. The Morgan fingerprint density at radius 1 is 1.22 bits per heavy atom. The molecule has 142 valence electrons. The zero-order valence-corrected chi connectivity index (χ0v) is 15.6. The van der Waals surface area contributed by atoms with E-state index in [9.17, 15) is 9.59 Å². The number of aryl methyl sites for hydroxylation is 1. The van der Waals surface area contributed by atoms with Gasteiger partial charge in [-0.15, -0.1) is 0 Å². The number of amides is 1. The maximum absolute atomic E-state index is 12.2. The van der Waals surface area contributed by atoms with Crippen molar-refractivity contribution in [3.63, 3.8) is 0 Å². The minimum Gasteiger partial charge on any atom is -0.456 e. The predicted molar refractivity (Wildman–Crippen MR) is 101 cm³/mol. The highest BCUT2D eigenvalue weighted by atomic mass is 16.5. The molecule has 4 rings (SSSR count). The van der Waals surface area contributed by atoms with E-state index in [2.05, 4.69) is 10.4 Å². The molecule has 1 N–H and O–H groups in total. The lowest BCUT2D eigenvalue weighted by Gasteiger charge is -2.20. The summed E-state index contributed by atoms with van der Waals surface area (Å²) >= 11 is 0. The lowest BCUT2D eigenvalue weighted by molar-refractivity contribution is -0.148. The zero-order chi connectivity index (χ0) is 18.8. The van der Waals surface area contributed by atoms with E-state index >= 15 is 0 Å². The average Bonchev–Trinajstić information content (AvgIpc) is 3.36. The van der Waals surface area contributed by atoms with Crippen LogP contribution in [0.5, 0.6) is 0 Å². The van der Waals surface area contributed by atoms with Gasteiger partial charge in [0, 0.05) is 12.5 Å². The van der Waals surface area contributed by atoms with Gasteiger partial charge in [-0.1, -0.05) is 24.6 Å². The maximum atomic E-state index is 12.2. The number of rotatable bonds is 6. The third kappa shape index (κ3) is 4.04. The molecule has 0 aliphatic heterocycles. The number of aromatic nitrogens is 2. The van der Waals surface area contributed by atoms with Crippen molar-refractivity contribution in [1.82, 2.24) is 9.78 Å². The van der Waals surface area contributed by atoms with Gasteiger partial charge in [0.1, 0.15) is 5.82 Å². The molecule has 0 unspecified atom stereocenters. The van der Waals surface area contributed by atoms with E-state index in [1.54, 1.807) is 10.7 Å². The molecule has 3 atom stereocenters. The molecular weight excluding hydrogens is 342 g/mol. The lowest BCUT2D eigenvalue weighted by atomic mass is 9.86. The summed E-state index contributed by atoms with van der Waals surface area (Å²) in [6.07, 6.45) is 5.40. The molecule has 2 saturated carbocycles. The quantitative estimate of drug-likeness (QED) is 0.793. The number of carbonyl (C=O) groups excluding carboxylic acids is 2. The van der Waals surface area contributed by atoms with Crippen molar-refractivity contribution in [2.75, 3.05) is 11.9 Å². The standard InChI is InChI=1S/C21H25N3O3/c1-14-9-19(24(23-14)18-5-3-2-4-6-18)22-20(25)13-27-21(26)12-17-11-15-7-8-16(17)10-15/h2-6,9,15-17H,7-8,10-13H2,1H3,(H,22,25)/t15-,16+,17+/m0/s1. The molecular formula is C21H25N3O3. The molecule has 1 aromatic carbocycles. The molecule has 2 fully saturated rings. The van der Waals surface area contributed by atoms with Crippen LogP contribution in [0.4, 0.5) is 5.82 Å². The fraction of sp³-hybridized carbons (Fsp3) is 0.476. The van der Waals surface area contributed by atoms with Crippen molar-refractivity contribution >= 4 is 17.7 Å². The largest absolute Gasteiger partial charge is 0.456 e. The molecule has 2 aromatic rings. The monoisotopic (exact) mass is 367 g/mol. The van der Waals surface area contributed by atoms with Crippen LogP contribution < -0.4 is 5.32 Å². The second-order valence-electron chi connectivity index (χ2n) is 7.77. The van der Waals surface area contributed by atoms with Crippen molar-refractivity contribution in [2.24, 2.45) is 17.8 Å². The van der Waals surface area contributed by atoms with Crippen molar-refractivity contribution in [3.05, 3.63) is 42.1 Å². The Kier molecular flexibility index (Phi) is 4.97. The summed E-state index contributed by atoms with van der Waals surface area (Å²) in [4.78, 5) is 24.4. The fourth-order valence-electron chi connectivity index (χ4n) is 4.58. The summed E-state index contributed by atoms with van der Waals surface area (Å²) in [5.41, 5.74) is 1.65. The molecule has 0 radical (unpaired) electrons. The SMILES string of the molecule is Cc1cc(NC(=O)COC(=O)C[C@H]2C[C@H]3CC[C@@H]2C3)n(-c2ccccc2)n1. The Hall–Kier alpha value is -2.63. The van der Waals surface area contributed by atoms with Crippen molar-refractivity contribution in [1.29, 1.82) is 0 Å². The molecule has 1 amide bonds. The Balaban J connectivity index is 1.30. The number of nitrogens with one attached hydrogen (secondary N) is 1. The van der Waals surface area contributed by atoms with Crippen LogP contribution in [0.3, 0.4) is 0 Å². The number of nitrogens with zero attached hydrogens (tertiary/aromatic N) is 2. The molecule has 6 heteroatoms. The van der Waals surface area contributed by atoms with Gasteiger partial charge in [-0.25, -0.2) is 4.68 Å². The maximum Gasteiger partial charge on any atom is 0.306 e. The Morgan fingerprint density at radius 3 is 2.74 bits per heavy atom. The number of ether oxygens (including phenoxy) is 1. The van der Waals surface area contributed by atoms with Crippen LogP contribution in [-0.4, -0.2) is 28.3 Å². The van der Waals surface area contributed by atoms with E-state index in [0.29, 0.717) is 24.1 Å². The first-order valence-electron chi connectivity index (χ1n) is 9.66. The molecule has 1 aromatic heterocycles. The summed E-state index contributed by atoms with van der Waals surface area (Å²) in [5, 5.41) is 7.20. The van der Waals surface area contributed by atoms with E-state index in [1.165, 1.54) is 19.3 Å². The average molecular weight is 367 g/mol. The number of anilines is 1. The smallest absolute Gasteiger partial charge is 0.306 e. The van der Waals surface area contributed by atoms with E-state index in [4.69, 9.17) is 4.74 Å². The van der Waals surface area contributed by atoms with Crippen molar-refractivity contribution in [2.45, 2.75) is 39.0 Å². The van der Waals surface area contributed by atoms with Crippen molar-refractivity contribution in [3.8, 4) is 5.69 Å². The third-order valence-corrected chi connectivity index (χ3v) is 5.78. The molecule has 1 heterocycles. The third-order valence-electron chi connectivity index (χ3n) is 5.78. The van der Waals surface area contributed by atoms with E-state index in [-0.39, 0.29) is 18.5 Å². The number of hydrogen-bond acceptors (Lipinski definition) is 4. The highest BCUT2D eigenvalue weighted by Crippen LogP contribution is 2.49. The van der Waals surface area contributed by atoms with Crippen LogP contribution in [-0.2, 0) is 14.3 Å².